The molecule has 0 bridgehead atoms. The summed E-state index contributed by atoms with van der Waals surface area (Å²) in [5.74, 6) is 0.836. The zero-order valence-corrected chi connectivity index (χ0v) is 12.2. The fourth-order valence-corrected chi connectivity index (χ4v) is 2.74. The summed E-state index contributed by atoms with van der Waals surface area (Å²) in [5.41, 5.74) is 9.43. The largest absolute Gasteiger partial charge is 0.497 e. The highest BCUT2D eigenvalue weighted by molar-refractivity contribution is 5.75. The summed E-state index contributed by atoms with van der Waals surface area (Å²) in [4.78, 5) is 4.47. The van der Waals surface area contributed by atoms with E-state index in [1.54, 1.807) is 7.11 Å². The van der Waals surface area contributed by atoms with Gasteiger partial charge < -0.3 is 15.0 Å². The molecule has 0 fully saturated rings. The van der Waals surface area contributed by atoms with Gasteiger partial charge in [-0.2, -0.15) is 0 Å². The lowest BCUT2D eigenvalue weighted by molar-refractivity contribution is 0.412. The fourth-order valence-electron chi connectivity index (χ4n) is 2.74. The summed E-state index contributed by atoms with van der Waals surface area (Å²) in [5, 5.41) is 0. The number of hydrogen-bond donors (Lipinski definition) is 1. The van der Waals surface area contributed by atoms with E-state index in [4.69, 9.17) is 10.5 Å². The van der Waals surface area contributed by atoms with E-state index in [1.165, 1.54) is 0 Å². The van der Waals surface area contributed by atoms with Gasteiger partial charge in [-0.3, -0.25) is 0 Å². The standard InChI is InChI=1S/C17H19N3O/c1-12(18)17(13-6-5-7-14(10-13)21-2)20-11-19-15-8-3-4-9-16(15)20/h3-12,17H,18H2,1-2H3. The molecular formula is C17H19N3O. The van der Waals surface area contributed by atoms with Crippen LogP contribution in [-0.2, 0) is 0 Å². The molecule has 4 nitrogen and oxygen atoms in total. The second kappa shape index (κ2) is 5.58. The van der Waals surface area contributed by atoms with Crippen LogP contribution in [0.3, 0.4) is 0 Å². The van der Waals surface area contributed by atoms with Crippen LogP contribution in [0.1, 0.15) is 18.5 Å². The van der Waals surface area contributed by atoms with Crippen molar-refractivity contribution in [2.45, 2.75) is 19.0 Å². The number of ether oxygens (including phenoxy) is 1. The molecule has 2 N–H and O–H groups in total. The molecule has 2 unspecified atom stereocenters. The lowest BCUT2D eigenvalue weighted by atomic mass is 10.00. The van der Waals surface area contributed by atoms with Gasteiger partial charge in [0.2, 0.25) is 0 Å². The molecule has 4 heteroatoms. The summed E-state index contributed by atoms with van der Waals surface area (Å²) in [6, 6.07) is 16.1. The minimum Gasteiger partial charge on any atom is -0.497 e. The highest BCUT2D eigenvalue weighted by Gasteiger charge is 2.20. The average molecular weight is 281 g/mol. The number of methoxy groups -OCH3 is 1. The van der Waals surface area contributed by atoms with Crippen molar-refractivity contribution in [3.05, 3.63) is 60.4 Å². The van der Waals surface area contributed by atoms with Gasteiger partial charge in [-0.1, -0.05) is 24.3 Å². The van der Waals surface area contributed by atoms with Crippen molar-refractivity contribution < 1.29 is 4.74 Å². The lowest BCUT2D eigenvalue weighted by Gasteiger charge is -2.24. The van der Waals surface area contributed by atoms with E-state index >= 15 is 0 Å². The van der Waals surface area contributed by atoms with E-state index in [-0.39, 0.29) is 12.1 Å². The molecule has 2 aromatic carbocycles. The average Bonchev–Trinajstić information content (AvgIpc) is 2.91. The van der Waals surface area contributed by atoms with Crippen LogP contribution >= 0.6 is 0 Å². The maximum Gasteiger partial charge on any atom is 0.119 e. The number of aromatic nitrogens is 2. The Hall–Kier alpha value is -2.33. The van der Waals surface area contributed by atoms with Crippen LogP contribution in [0, 0.1) is 0 Å². The number of fused-ring (bicyclic) bond motifs is 1. The number of imidazole rings is 1. The molecule has 0 aliphatic carbocycles. The Morgan fingerprint density at radius 1 is 1.14 bits per heavy atom. The molecule has 0 spiro atoms. The molecule has 108 valence electrons. The molecule has 1 aromatic heterocycles. The molecule has 0 saturated carbocycles. The number of benzene rings is 2. The summed E-state index contributed by atoms with van der Waals surface area (Å²) < 4.78 is 7.46. The first-order chi connectivity index (χ1) is 10.2. The summed E-state index contributed by atoms with van der Waals surface area (Å²) >= 11 is 0. The van der Waals surface area contributed by atoms with Crippen LogP contribution in [0.15, 0.2) is 54.9 Å². The van der Waals surface area contributed by atoms with Crippen LogP contribution < -0.4 is 10.5 Å². The van der Waals surface area contributed by atoms with E-state index in [0.717, 1.165) is 22.3 Å². The van der Waals surface area contributed by atoms with Gasteiger partial charge in [-0.15, -0.1) is 0 Å². The summed E-state index contributed by atoms with van der Waals surface area (Å²) in [7, 11) is 1.67. The highest BCUT2D eigenvalue weighted by Crippen LogP contribution is 2.28. The van der Waals surface area contributed by atoms with Gasteiger partial charge in [-0.25, -0.2) is 4.98 Å². The maximum absolute atomic E-state index is 6.25. The predicted molar refractivity (Wildman–Crippen MR) is 84.5 cm³/mol. The molecular weight excluding hydrogens is 262 g/mol. The third-order valence-corrected chi connectivity index (χ3v) is 3.71. The third kappa shape index (κ3) is 2.50. The molecule has 0 aliphatic rings. The Balaban J connectivity index is 2.13. The quantitative estimate of drug-likeness (QED) is 0.800. The Morgan fingerprint density at radius 2 is 1.95 bits per heavy atom. The van der Waals surface area contributed by atoms with Gasteiger partial charge in [0.15, 0.2) is 0 Å². The monoisotopic (exact) mass is 281 g/mol. The second-order valence-corrected chi connectivity index (χ2v) is 5.22. The molecule has 0 amide bonds. The first kappa shape index (κ1) is 13.6. The molecule has 2 atom stereocenters. The lowest BCUT2D eigenvalue weighted by Crippen LogP contribution is -2.29. The van der Waals surface area contributed by atoms with Crippen molar-refractivity contribution >= 4 is 11.0 Å². The van der Waals surface area contributed by atoms with Crippen molar-refractivity contribution in [1.29, 1.82) is 0 Å². The van der Waals surface area contributed by atoms with Crippen molar-refractivity contribution in [1.82, 2.24) is 9.55 Å². The van der Waals surface area contributed by atoms with Gasteiger partial charge in [0, 0.05) is 6.04 Å². The maximum atomic E-state index is 6.25. The zero-order valence-electron chi connectivity index (χ0n) is 12.2. The van der Waals surface area contributed by atoms with Crippen LogP contribution in [0.25, 0.3) is 11.0 Å². The van der Waals surface area contributed by atoms with E-state index in [1.807, 2.05) is 49.6 Å². The van der Waals surface area contributed by atoms with Gasteiger partial charge in [-0.05, 0) is 36.8 Å². The predicted octanol–water partition coefficient (Wildman–Crippen LogP) is 2.98. The van der Waals surface area contributed by atoms with Crippen LogP contribution in [0.2, 0.25) is 0 Å². The Morgan fingerprint density at radius 3 is 2.71 bits per heavy atom. The van der Waals surface area contributed by atoms with Gasteiger partial charge >= 0.3 is 0 Å². The van der Waals surface area contributed by atoms with Crippen molar-refractivity contribution in [3.8, 4) is 5.75 Å². The normalized spacial score (nSPS) is 14.0. The van der Waals surface area contributed by atoms with Gasteiger partial charge in [0.25, 0.3) is 0 Å². The summed E-state index contributed by atoms with van der Waals surface area (Å²) in [6.45, 7) is 2.01. The van der Waals surface area contributed by atoms with Crippen molar-refractivity contribution in [3.63, 3.8) is 0 Å². The molecule has 3 aromatic rings. The molecule has 0 saturated heterocycles. The number of rotatable bonds is 4. The highest BCUT2D eigenvalue weighted by atomic mass is 16.5. The van der Waals surface area contributed by atoms with E-state index in [2.05, 4.69) is 21.7 Å². The molecule has 1 heterocycles. The van der Waals surface area contributed by atoms with Crippen LogP contribution in [-0.4, -0.2) is 22.7 Å². The molecule has 0 aliphatic heterocycles. The molecule has 3 rings (SSSR count). The molecule has 21 heavy (non-hydrogen) atoms. The second-order valence-electron chi connectivity index (χ2n) is 5.22. The van der Waals surface area contributed by atoms with E-state index in [9.17, 15) is 0 Å². The number of nitrogens with two attached hydrogens (primary N) is 1. The number of hydrogen-bond acceptors (Lipinski definition) is 3. The number of nitrogens with zero attached hydrogens (tertiary/aromatic N) is 2. The summed E-state index contributed by atoms with van der Waals surface area (Å²) in [6.07, 6.45) is 1.86. The Bertz CT molecular complexity index is 748. The first-order valence-corrected chi connectivity index (χ1v) is 7.02. The number of para-hydroxylation sites is 2. The zero-order chi connectivity index (χ0) is 14.8. The van der Waals surface area contributed by atoms with Crippen LogP contribution in [0.5, 0.6) is 5.75 Å². The van der Waals surface area contributed by atoms with Crippen molar-refractivity contribution in [2.24, 2.45) is 5.73 Å². The van der Waals surface area contributed by atoms with Crippen LogP contribution in [0.4, 0.5) is 0 Å². The van der Waals surface area contributed by atoms with Gasteiger partial charge in [0.1, 0.15) is 5.75 Å². The fraction of sp³-hybridized carbons (Fsp3) is 0.235. The first-order valence-electron chi connectivity index (χ1n) is 7.02. The SMILES string of the molecule is COc1cccc(C(C(C)N)n2cnc3ccccc32)c1. The minimum atomic E-state index is -0.0466. The molecule has 0 radical (unpaired) electrons. The minimum absolute atomic E-state index is 0.0208. The smallest absolute Gasteiger partial charge is 0.119 e. The van der Waals surface area contributed by atoms with E-state index < -0.39 is 0 Å². The van der Waals surface area contributed by atoms with E-state index in [0.29, 0.717) is 0 Å². The Labute approximate surface area is 124 Å². The van der Waals surface area contributed by atoms with Crippen molar-refractivity contribution in [2.75, 3.05) is 7.11 Å². The van der Waals surface area contributed by atoms with Gasteiger partial charge in [0.05, 0.1) is 30.5 Å². The third-order valence-electron chi connectivity index (χ3n) is 3.71. The topological polar surface area (TPSA) is 53.1 Å². The Kier molecular flexibility index (Phi) is 3.62.